The molecule has 0 radical (unpaired) electrons. The van der Waals surface area contributed by atoms with E-state index >= 15 is 0 Å². The molecule has 2 aromatic rings. The number of nitrogens with two attached hydrogens (primary N) is 1. The summed E-state index contributed by atoms with van der Waals surface area (Å²) in [5.41, 5.74) is 8.24. The number of aliphatic hydroxyl groups is 1. The molecule has 0 aliphatic rings. The lowest BCUT2D eigenvalue weighted by Gasteiger charge is -2.18. The predicted octanol–water partition coefficient (Wildman–Crippen LogP) is 3.05. The van der Waals surface area contributed by atoms with Crippen molar-refractivity contribution in [1.82, 2.24) is 0 Å². The van der Waals surface area contributed by atoms with Gasteiger partial charge in [-0.25, -0.2) is 0 Å². The first kappa shape index (κ1) is 17.2. The van der Waals surface area contributed by atoms with Crippen LogP contribution in [0.1, 0.15) is 46.7 Å². The lowest BCUT2D eigenvalue weighted by Crippen LogP contribution is -2.12. The van der Waals surface area contributed by atoms with Crippen molar-refractivity contribution < 1.29 is 14.6 Å². The van der Waals surface area contributed by atoms with Gasteiger partial charge in [-0.1, -0.05) is 48.9 Å². The summed E-state index contributed by atoms with van der Waals surface area (Å²) < 4.78 is 4.97. The summed E-state index contributed by atoms with van der Waals surface area (Å²) in [6.45, 7) is 0.322. The molecule has 0 bridgehead atoms. The molecule has 0 heterocycles. The van der Waals surface area contributed by atoms with E-state index in [0.717, 1.165) is 24.8 Å². The summed E-state index contributed by atoms with van der Waals surface area (Å²) in [4.78, 5) is 11.4. The largest absolute Gasteiger partial charge is 0.371 e. The first-order chi connectivity index (χ1) is 11.2. The van der Waals surface area contributed by atoms with Gasteiger partial charge in [0.25, 0.3) is 0 Å². The second-order valence-corrected chi connectivity index (χ2v) is 5.49. The molecule has 23 heavy (non-hydrogen) atoms. The zero-order valence-electron chi connectivity index (χ0n) is 13.2. The molecular formula is C19H23NO3. The summed E-state index contributed by atoms with van der Waals surface area (Å²) in [7, 11) is 0. The fourth-order valence-corrected chi connectivity index (χ4v) is 2.74. The third-order valence-electron chi connectivity index (χ3n) is 3.90. The Bertz CT molecular complexity index is 613. The van der Waals surface area contributed by atoms with Crippen LogP contribution in [0.25, 0.3) is 0 Å². The SMILES string of the molecule is NC(=O)c1cccc(C(CCCCOCO)c2ccccc2)c1. The zero-order valence-corrected chi connectivity index (χ0v) is 13.2. The van der Waals surface area contributed by atoms with Crippen molar-refractivity contribution in [3.63, 3.8) is 0 Å². The first-order valence-corrected chi connectivity index (χ1v) is 7.85. The zero-order chi connectivity index (χ0) is 16.5. The van der Waals surface area contributed by atoms with E-state index in [4.69, 9.17) is 15.6 Å². The standard InChI is InChI=1S/C19H23NO3/c20-19(22)17-10-6-9-16(13-17)18(11-4-5-12-23-14-21)15-7-2-1-3-8-15/h1-3,6-10,13,18,21H,4-5,11-12,14H2,(H2,20,22). The lowest BCUT2D eigenvalue weighted by molar-refractivity contribution is -0.00286. The molecule has 0 fully saturated rings. The molecule has 1 amide bonds. The van der Waals surface area contributed by atoms with Crippen LogP contribution in [0.3, 0.4) is 0 Å². The van der Waals surface area contributed by atoms with Crippen molar-refractivity contribution in [2.75, 3.05) is 13.4 Å². The number of unbranched alkanes of at least 4 members (excludes halogenated alkanes) is 1. The highest BCUT2D eigenvalue weighted by molar-refractivity contribution is 5.92. The van der Waals surface area contributed by atoms with Gasteiger partial charge in [-0.15, -0.1) is 0 Å². The average molecular weight is 313 g/mol. The van der Waals surface area contributed by atoms with Crippen molar-refractivity contribution >= 4 is 5.91 Å². The van der Waals surface area contributed by atoms with E-state index in [9.17, 15) is 4.79 Å². The minimum Gasteiger partial charge on any atom is -0.371 e. The molecule has 1 atom stereocenters. The van der Waals surface area contributed by atoms with Gasteiger partial charge >= 0.3 is 0 Å². The van der Waals surface area contributed by atoms with Crippen molar-refractivity contribution in [3.05, 3.63) is 71.3 Å². The van der Waals surface area contributed by atoms with Gasteiger partial charge in [-0.05, 0) is 36.1 Å². The second-order valence-electron chi connectivity index (χ2n) is 5.49. The summed E-state index contributed by atoms with van der Waals surface area (Å²) in [6, 6.07) is 17.8. The highest BCUT2D eigenvalue weighted by atomic mass is 16.6. The van der Waals surface area contributed by atoms with Crippen LogP contribution in [0.5, 0.6) is 0 Å². The molecule has 2 aromatic carbocycles. The van der Waals surface area contributed by atoms with Gasteiger partial charge < -0.3 is 15.6 Å². The van der Waals surface area contributed by atoms with Crippen molar-refractivity contribution in [2.24, 2.45) is 5.73 Å². The van der Waals surface area contributed by atoms with E-state index in [-0.39, 0.29) is 12.7 Å². The average Bonchev–Trinajstić information content (AvgIpc) is 2.59. The molecule has 122 valence electrons. The Morgan fingerprint density at radius 1 is 1.04 bits per heavy atom. The first-order valence-electron chi connectivity index (χ1n) is 7.85. The molecule has 0 spiro atoms. The van der Waals surface area contributed by atoms with Gasteiger partial charge in [-0.2, -0.15) is 0 Å². The molecule has 1 unspecified atom stereocenters. The summed E-state index contributed by atoms with van der Waals surface area (Å²) in [6.07, 6.45) is 2.81. The molecule has 0 aromatic heterocycles. The molecule has 0 aliphatic carbocycles. The number of carbonyl (C=O) groups is 1. The number of benzene rings is 2. The number of amides is 1. The number of primary amides is 1. The summed E-state index contributed by atoms with van der Waals surface area (Å²) in [5, 5.41) is 8.65. The van der Waals surface area contributed by atoms with E-state index in [0.29, 0.717) is 12.2 Å². The number of rotatable bonds is 9. The Morgan fingerprint density at radius 3 is 2.48 bits per heavy atom. The monoisotopic (exact) mass is 313 g/mol. The smallest absolute Gasteiger partial charge is 0.248 e. The number of carbonyl (C=O) groups excluding carboxylic acids is 1. The van der Waals surface area contributed by atoms with Crippen LogP contribution in [0.2, 0.25) is 0 Å². The molecule has 4 heteroatoms. The molecule has 4 nitrogen and oxygen atoms in total. The minimum absolute atomic E-state index is 0.213. The van der Waals surface area contributed by atoms with Crippen LogP contribution in [0.15, 0.2) is 54.6 Å². The molecule has 0 aliphatic heterocycles. The number of hydrogen-bond donors (Lipinski definition) is 2. The van der Waals surface area contributed by atoms with Crippen LogP contribution >= 0.6 is 0 Å². The Morgan fingerprint density at radius 2 is 1.78 bits per heavy atom. The number of ether oxygens (including phenoxy) is 1. The molecule has 0 saturated carbocycles. The van der Waals surface area contributed by atoms with Crippen LogP contribution in [-0.2, 0) is 4.74 Å². The highest BCUT2D eigenvalue weighted by Crippen LogP contribution is 2.30. The quantitative estimate of drug-likeness (QED) is 0.552. The van der Waals surface area contributed by atoms with Crippen molar-refractivity contribution in [2.45, 2.75) is 25.2 Å². The maximum Gasteiger partial charge on any atom is 0.248 e. The van der Waals surface area contributed by atoms with Gasteiger partial charge in [-0.3, -0.25) is 4.79 Å². The van der Waals surface area contributed by atoms with E-state index in [1.54, 1.807) is 6.07 Å². The van der Waals surface area contributed by atoms with E-state index in [1.165, 1.54) is 5.56 Å². The van der Waals surface area contributed by atoms with E-state index in [2.05, 4.69) is 12.1 Å². The fraction of sp³-hybridized carbons (Fsp3) is 0.316. The number of aliphatic hydroxyl groups excluding tert-OH is 1. The third-order valence-corrected chi connectivity index (χ3v) is 3.90. The Hall–Kier alpha value is -2.17. The summed E-state index contributed by atoms with van der Waals surface area (Å²) in [5.74, 6) is -0.195. The fourth-order valence-electron chi connectivity index (χ4n) is 2.74. The number of hydrogen-bond acceptors (Lipinski definition) is 3. The van der Waals surface area contributed by atoms with Gasteiger partial charge in [0, 0.05) is 18.1 Å². The van der Waals surface area contributed by atoms with Crippen LogP contribution < -0.4 is 5.73 Å². The van der Waals surface area contributed by atoms with Crippen molar-refractivity contribution in [1.29, 1.82) is 0 Å². The molecular weight excluding hydrogens is 290 g/mol. The summed E-state index contributed by atoms with van der Waals surface area (Å²) >= 11 is 0. The van der Waals surface area contributed by atoms with E-state index < -0.39 is 5.91 Å². The van der Waals surface area contributed by atoms with Gasteiger partial charge in [0.05, 0.1) is 0 Å². The highest BCUT2D eigenvalue weighted by Gasteiger charge is 2.15. The molecule has 0 saturated heterocycles. The third kappa shape index (κ3) is 5.20. The maximum absolute atomic E-state index is 11.4. The van der Waals surface area contributed by atoms with Gasteiger partial charge in [0.15, 0.2) is 0 Å². The van der Waals surface area contributed by atoms with Crippen molar-refractivity contribution in [3.8, 4) is 0 Å². The topological polar surface area (TPSA) is 72.6 Å². The normalized spacial score (nSPS) is 12.0. The molecule has 2 rings (SSSR count). The molecule has 3 N–H and O–H groups in total. The van der Waals surface area contributed by atoms with Crippen LogP contribution in [0, 0.1) is 0 Å². The second kappa shape index (κ2) is 9.08. The Labute approximate surface area is 136 Å². The predicted molar refractivity (Wildman–Crippen MR) is 90.1 cm³/mol. The van der Waals surface area contributed by atoms with Gasteiger partial charge in [0.2, 0.25) is 5.91 Å². The Balaban J connectivity index is 2.16. The van der Waals surface area contributed by atoms with Crippen LogP contribution in [-0.4, -0.2) is 24.4 Å². The van der Waals surface area contributed by atoms with Crippen LogP contribution in [0.4, 0.5) is 0 Å². The lowest BCUT2D eigenvalue weighted by atomic mass is 9.86. The minimum atomic E-state index is -0.407. The van der Waals surface area contributed by atoms with Gasteiger partial charge in [0.1, 0.15) is 6.79 Å². The van der Waals surface area contributed by atoms with E-state index in [1.807, 2.05) is 36.4 Å². The Kier molecular flexibility index (Phi) is 6.78. The maximum atomic E-state index is 11.4.